The van der Waals surface area contributed by atoms with Crippen LogP contribution in [0, 0.1) is 0 Å². The van der Waals surface area contributed by atoms with Gasteiger partial charge in [-0.25, -0.2) is 0 Å². The number of amides is 3. The number of nitrogens with zero attached hydrogens (tertiary/aromatic N) is 3. The fourth-order valence-electron chi connectivity index (χ4n) is 3.57. The van der Waals surface area contributed by atoms with Gasteiger partial charge in [-0.1, -0.05) is 11.6 Å². The molecule has 1 N–H and O–H groups in total. The number of carbonyl (C=O) groups is 3. The van der Waals surface area contributed by atoms with Gasteiger partial charge in [-0.2, -0.15) is 0 Å². The molecule has 1 atom stereocenters. The Morgan fingerprint density at radius 1 is 1.21 bits per heavy atom. The first kappa shape index (κ1) is 21.9. The lowest BCUT2D eigenvalue weighted by atomic mass is 10.2. The highest BCUT2D eigenvalue weighted by Gasteiger charge is 2.32. The molecule has 0 unspecified atom stereocenters. The Balaban J connectivity index is 1.49. The van der Waals surface area contributed by atoms with Crippen molar-refractivity contribution < 1.29 is 14.4 Å². The first-order valence-electron chi connectivity index (χ1n) is 9.96. The molecule has 29 heavy (non-hydrogen) atoms. The molecule has 0 radical (unpaired) electrons. The van der Waals surface area contributed by atoms with Crippen LogP contribution in [0.3, 0.4) is 0 Å². The molecule has 0 aromatic heterocycles. The van der Waals surface area contributed by atoms with Crippen LogP contribution in [0.15, 0.2) is 23.1 Å². The van der Waals surface area contributed by atoms with Crippen LogP contribution in [0.5, 0.6) is 0 Å². The summed E-state index contributed by atoms with van der Waals surface area (Å²) in [6, 6.07) is 5.37. The van der Waals surface area contributed by atoms with E-state index in [1.807, 2.05) is 24.8 Å². The molecule has 1 aromatic rings. The van der Waals surface area contributed by atoms with Crippen LogP contribution in [0.2, 0.25) is 5.02 Å². The van der Waals surface area contributed by atoms with Gasteiger partial charge in [0.25, 0.3) is 0 Å². The van der Waals surface area contributed by atoms with Gasteiger partial charge in [0, 0.05) is 55.6 Å². The van der Waals surface area contributed by atoms with Crippen molar-refractivity contribution in [1.82, 2.24) is 14.7 Å². The number of likely N-dealkylation sites (N-methyl/N-ethyl adjacent to an activating group) is 1. The standard InChI is InChI=1S/C20H27ClN4O3S/c1-3-24(4-2)19(27)13-23-7-9-25(10-8-23)18(26)12-17-20(28)22-15-11-14(21)5-6-16(15)29-17/h5-6,11,17H,3-4,7-10,12-13H2,1-2H3,(H,22,28)/t17-/m0/s1. The van der Waals surface area contributed by atoms with E-state index in [9.17, 15) is 14.4 Å². The summed E-state index contributed by atoms with van der Waals surface area (Å²) in [7, 11) is 0. The van der Waals surface area contributed by atoms with E-state index in [2.05, 4.69) is 10.2 Å². The average molecular weight is 439 g/mol. The molecule has 1 fully saturated rings. The highest BCUT2D eigenvalue weighted by molar-refractivity contribution is 8.01. The third-order valence-electron chi connectivity index (χ3n) is 5.32. The van der Waals surface area contributed by atoms with Gasteiger partial charge in [-0.05, 0) is 32.0 Å². The Kier molecular flexibility index (Phi) is 7.43. The third kappa shape index (κ3) is 5.43. The number of carbonyl (C=O) groups excluding carboxylic acids is 3. The van der Waals surface area contributed by atoms with Gasteiger partial charge in [-0.15, -0.1) is 11.8 Å². The molecule has 9 heteroatoms. The van der Waals surface area contributed by atoms with Crippen LogP contribution < -0.4 is 5.32 Å². The zero-order valence-corrected chi connectivity index (χ0v) is 18.4. The smallest absolute Gasteiger partial charge is 0.238 e. The minimum absolute atomic E-state index is 0.0233. The summed E-state index contributed by atoms with van der Waals surface area (Å²) in [5.74, 6) is -0.0600. The van der Waals surface area contributed by atoms with Crippen molar-refractivity contribution in [3.63, 3.8) is 0 Å². The fourth-order valence-corrected chi connectivity index (χ4v) is 4.82. The number of rotatable bonds is 6. The number of hydrogen-bond acceptors (Lipinski definition) is 5. The second kappa shape index (κ2) is 9.82. The lowest BCUT2D eigenvalue weighted by Crippen LogP contribution is -2.52. The zero-order valence-electron chi connectivity index (χ0n) is 16.8. The van der Waals surface area contributed by atoms with E-state index in [-0.39, 0.29) is 24.1 Å². The van der Waals surface area contributed by atoms with Crippen molar-refractivity contribution in [1.29, 1.82) is 0 Å². The molecule has 7 nitrogen and oxygen atoms in total. The maximum absolute atomic E-state index is 12.7. The molecular formula is C20H27ClN4O3S. The van der Waals surface area contributed by atoms with Crippen LogP contribution in [-0.2, 0) is 14.4 Å². The van der Waals surface area contributed by atoms with E-state index in [0.29, 0.717) is 56.5 Å². The molecule has 3 rings (SSSR count). The molecular weight excluding hydrogens is 412 g/mol. The Labute approximate surface area is 180 Å². The van der Waals surface area contributed by atoms with Gasteiger partial charge >= 0.3 is 0 Å². The van der Waals surface area contributed by atoms with Crippen molar-refractivity contribution >= 4 is 46.8 Å². The number of thioether (sulfide) groups is 1. The van der Waals surface area contributed by atoms with Crippen LogP contribution in [0.4, 0.5) is 5.69 Å². The van der Waals surface area contributed by atoms with Crippen molar-refractivity contribution in [2.75, 3.05) is 51.1 Å². The molecule has 0 spiro atoms. The molecule has 158 valence electrons. The van der Waals surface area contributed by atoms with Crippen molar-refractivity contribution in [2.24, 2.45) is 0 Å². The Hall–Kier alpha value is -1.77. The van der Waals surface area contributed by atoms with Crippen LogP contribution >= 0.6 is 23.4 Å². The molecule has 2 heterocycles. The molecule has 2 aliphatic heterocycles. The average Bonchev–Trinajstić information content (AvgIpc) is 2.70. The number of piperazine rings is 1. The number of nitrogens with one attached hydrogen (secondary N) is 1. The summed E-state index contributed by atoms with van der Waals surface area (Å²) < 4.78 is 0. The second-order valence-electron chi connectivity index (χ2n) is 7.16. The molecule has 2 aliphatic rings. The van der Waals surface area contributed by atoms with Gasteiger partial charge in [0.05, 0.1) is 17.5 Å². The predicted octanol–water partition coefficient (Wildman–Crippen LogP) is 2.16. The summed E-state index contributed by atoms with van der Waals surface area (Å²) >= 11 is 7.38. The maximum atomic E-state index is 12.7. The van der Waals surface area contributed by atoms with Gasteiger partial charge in [0.15, 0.2) is 0 Å². The van der Waals surface area contributed by atoms with Crippen molar-refractivity contribution in [3.8, 4) is 0 Å². The number of hydrogen-bond donors (Lipinski definition) is 1. The fraction of sp³-hybridized carbons (Fsp3) is 0.550. The molecule has 0 saturated carbocycles. The second-order valence-corrected chi connectivity index (χ2v) is 8.84. The molecule has 3 amide bonds. The van der Waals surface area contributed by atoms with E-state index >= 15 is 0 Å². The minimum Gasteiger partial charge on any atom is -0.342 e. The predicted molar refractivity (Wildman–Crippen MR) is 115 cm³/mol. The van der Waals surface area contributed by atoms with Crippen molar-refractivity contribution in [2.45, 2.75) is 30.4 Å². The highest BCUT2D eigenvalue weighted by atomic mass is 35.5. The van der Waals surface area contributed by atoms with Crippen LogP contribution in [0.1, 0.15) is 20.3 Å². The summed E-state index contributed by atoms with van der Waals surface area (Å²) in [6.45, 7) is 8.27. The van der Waals surface area contributed by atoms with Crippen molar-refractivity contribution in [3.05, 3.63) is 23.2 Å². The number of halogens is 1. The zero-order chi connectivity index (χ0) is 21.0. The van der Waals surface area contributed by atoms with E-state index in [4.69, 9.17) is 11.6 Å². The van der Waals surface area contributed by atoms with Gasteiger partial charge < -0.3 is 15.1 Å². The lowest BCUT2D eigenvalue weighted by Gasteiger charge is -2.36. The monoisotopic (exact) mass is 438 g/mol. The van der Waals surface area contributed by atoms with Gasteiger partial charge in [0.1, 0.15) is 0 Å². The molecule has 0 bridgehead atoms. The third-order valence-corrected chi connectivity index (χ3v) is 6.83. The van der Waals surface area contributed by atoms with Crippen LogP contribution in [-0.4, -0.2) is 83.5 Å². The number of fused-ring (bicyclic) bond motifs is 1. The molecule has 1 saturated heterocycles. The maximum Gasteiger partial charge on any atom is 0.238 e. The topological polar surface area (TPSA) is 73.0 Å². The largest absolute Gasteiger partial charge is 0.342 e. The minimum atomic E-state index is -0.446. The summed E-state index contributed by atoms with van der Waals surface area (Å²) in [4.78, 5) is 44.0. The quantitative estimate of drug-likeness (QED) is 0.736. The van der Waals surface area contributed by atoms with E-state index < -0.39 is 5.25 Å². The number of benzene rings is 1. The summed E-state index contributed by atoms with van der Waals surface area (Å²) in [5, 5.41) is 2.96. The lowest BCUT2D eigenvalue weighted by molar-refractivity contribution is -0.135. The van der Waals surface area contributed by atoms with E-state index in [0.717, 1.165) is 4.90 Å². The molecule has 1 aromatic carbocycles. The normalized spacial score (nSPS) is 19.5. The summed E-state index contributed by atoms with van der Waals surface area (Å²) in [6.07, 6.45) is 0.164. The Bertz CT molecular complexity index is 779. The highest BCUT2D eigenvalue weighted by Crippen LogP contribution is 2.38. The van der Waals surface area contributed by atoms with Crippen LogP contribution in [0.25, 0.3) is 0 Å². The Morgan fingerprint density at radius 3 is 2.55 bits per heavy atom. The van der Waals surface area contributed by atoms with E-state index in [1.54, 1.807) is 17.0 Å². The van der Waals surface area contributed by atoms with Gasteiger partial charge in [0.2, 0.25) is 17.7 Å². The first-order valence-corrected chi connectivity index (χ1v) is 11.2. The molecule has 0 aliphatic carbocycles. The van der Waals surface area contributed by atoms with Gasteiger partial charge in [-0.3, -0.25) is 19.3 Å². The first-order chi connectivity index (χ1) is 13.9. The summed E-state index contributed by atoms with van der Waals surface area (Å²) in [5.41, 5.74) is 0.697. The SMILES string of the molecule is CCN(CC)C(=O)CN1CCN(C(=O)C[C@@H]2Sc3ccc(Cl)cc3NC2=O)CC1. The number of anilines is 1. The Morgan fingerprint density at radius 2 is 1.90 bits per heavy atom. The van der Waals surface area contributed by atoms with E-state index in [1.165, 1.54) is 11.8 Å².